The molecule has 6 nitrogen and oxygen atoms in total. The van der Waals surface area contributed by atoms with Crippen molar-refractivity contribution in [3.63, 3.8) is 0 Å². The van der Waals surface area contributed by atoms with Crippen LogP contribution in [0.1, 0.15) is 354 Å². The van der Waals surface area contributed by atoms with Gasteiger partial charge in [-0.2, -0.15) is 0 Å². The Morgan fingerprint density at radius 1 is 0.366 bits per heavy atom. The van der Waals surface area contributed by atoms with Crippen molar-refractivity contribution in [2.45, 2.75) is 354 Å². The number of aliphatic hydroxyl groups is 2. The monoisotopic (exact) mass is 1000 g/mol. The number of carbonyl (C=O) groups is 2. The van der Waals surface area contributed by atoms with E-state index in [-0.39, 0.29) is 19.6 Å². The minimum atomic E-state index is -1.12. The maximum atomic E-state index is 12.5. The molecular weight excluding hydrogens is 877 g/mol. The molecule has 1 atom stereocenters. The van der Waals surface area contributed by atoms with Crippen molar-refractivity contribution in [1.82, 2.24) is 0 Å². The number of unbranched alkanes of at least 4 members (excludes halogenated alkanes) is 50. The van der Waals surface area contributed by atoms with Crippen molar-refractivity contribution in [3.8, 4) is 0 Å². The number of carbonyl (C=O) groups excluding carboxylic acids is 2. The average molecular weight is 1000 g/mol. The van der Waals surface area contributed by atoms with Crippen molar-refractivity contribution in [2.75, 3.05) is 26.4 Å². The minimum Gasteiger partial charge on any atom is -0.465 e. The zero-order valence-electron chi connectivity index (χ0n) is 47.8. The summed E-state index contributed by atoms with van der Waals surface area (Å²) >= 11 is 0. The van der Waals surface area contributed by atoms with Crippen LogP contribution < -0.4 is 0 Å². The van der Waals surface area contributed by atoms with Crippen molar-refractivity contribution < 1.29 is 29.3 Å². The van der Waals surface area contributed by atoms with Gasteiger partial charge in [0.05, 0.1) is 31.0 Å². The minimum absolute atomic E-state index is 0.00415. The summed E-state index contributed by atoms with van der Waals surface area (Å²) in [5, 5.41) is 19.2. The third-order valence-electron chi connectivity index (χ3n) is 16.0. The van der Waals surface area contributed by atoms with Crippen LogP contribution in [0.2, 0.25) is 0 Å². The molecule has 1 rings (SSSR count). The Hall–Kier alpha value is -1.40. The van der Waals surface area contributed by atoms with Gasteiger partial charge in [-0.15, -0.1) is 0 Å². The molecule has 0 saturated carbocycles. The van der Waals surface area contributed by atoms with Gasteiger partial charge in [0.2, 0.25) is 0 Å². The lowest BCUT2D eigenvalue weighted by Crippen LogP contribution is -2.40. The van der Waals surface area contributed by atoms with Crippen molar-refractivity contribution in [1.29, 1.82) is 0 Å². The number of allylic oxidation sites excluding steroid dienone is 2. The molecule has 6 heteroatoms. The number of hydrogen-bond acceptors (Lipinski definition) is 6. The van der Waals surface area contributed by atoms with Gasteiger partial charge in [-0.1, -0.05) is 327 Å². The lowest BCUT2D eigenvalue weighted by molar-refractivity contribution is -0.155. The van der Waals surface area contributed by atoms with Crippen LogP contribution in [0.4, 0.5) is 0 Å². The van der Waals surface area contributed by atoms with Crippen LogP contribution in [0.25, 0.3) is 0 Å². The Morgan fingerprint density at radius 2 is 0.606 bits per heavy atom. The maximum Gasteiger partial charge on any atom is 0.309 e. The van der Waals surface area contributed by atoms with Crippen molar-refractivity contribution >= 4 is 11.9 Å². The Balaban J connectivity index is 1.68. The molecule has 1 saturated heterocycles. The van der Waals surface area contributed by atoms with Crippen molar-refractivity contribution in [2.24, 2.45) is 11.3 Å². The van der Waals surface area contributed by atoms with E-state index in [1.54, 1.807) is 0 Å². The Morgan fingerprint density at radius 3 is 0.873 bits per heavy atom. The van der Waals surface area contributed by atoms with E-state index in [0.717, 1.165) is 19.3 Å². The molecule has 0 radical (unpaired) electrons. The second-order valence-corrected chi connectivity index (χ2v) is 23.1. The third kappa shape index (κ3) is 46.8. The molecule has 1 heterocycles. The Bertz CT molecular complexity index is 1120. The Labute approximate surface area is 443 Å². The van der Waals surface area contributed by atoms with Gasteiger partial charge in [-0.3, -0.25) is 9.59 Å². The van der Waals surface area contributed by atoms with Crippen LogP contribution in [0, 0.1) is 11.3 Å². The topological polar surface area (TPSA) is 93.1 Å². The normalized spacial score (nSPS) is 15.3. The van der Waals surface area contributed by atoms with Gasteiger partial charge in [0.15, 0.2) is 0 Å². The molecular formula is C65H124O6. The summed E-state index contributed by atoms with van der Waals surface area (Å²) in [6.45, 7) is 1.21. The molecule has 71 heavy (non-hydrogen) atoms. The molecule has 0 aromatic rings. The number of rotatable bonds is 56. The summed E-state index contributed by atoms with van der Waals surface area (Å²) in [6, 6.07) is 0. The lowest BCUT2D eigenvalue weighted by Gasteiger charge is -2.27. The van der Waals surface area contributed by atoms with Gasteiger partial charge in [0.1, 0.15) is 13.2 Å². The molecule has 0 spiro atoms. The number of aliphatic hydroxyl groups excluding tert-OH is 2. The van der Waals surface area contributed by atoms with E-state index in [2.05, 4.69) is 19.1 Å². The molecule has 0 aromatic carbocycles. The standard InChI is InChI=1S/C65H124O6/c1-2-3-4-5-6-7-8-9-10-11-12-13-14-15-16-17-18-19-20-21-22-23-24-25-26-27-28-29-30-31-32-33-34-35-36-37-38-39-40-41-42-43-44-45-46-47-48-49-50-51-52-53-54-55-56-62-57-63(68)70-60-65(58-66,59-67)61-71-64(62)69/h32-33,62,66-67H,2-31,34-61H2,1H3/b33-32+. The maximum absolute atomic E-state index is 12.5. The first kappa shape index (κ1) is 67.6. The summed E-state index contributed by atoms with van der Waals surface area (Å²) in [4.78, 5) is 24.7. The predicted octanol–water partition coefficient (Wildman–Crippen LogP) is 20.3. The largest absolute Gasteiger partial charge is 0.465 e. The van der Waals surface area contributed by atoms with Crippen LogP contribution in [0.5, 0.6) is 0 Å². The number of esters is 2. The molecule has 1 aliphatic rings. The number of cyclic esters (lactones) is 2. The lowest BCUT2D eigenvalue weighted by atomic mass is 9.92. The van der Waals surface area contributed by atoms with Crippen LogP contribution in [-0.2, 0) is 19.1 Å². The molecule has 0 amide bonds. The summed E-state index contributed by atoms with van der Waals surface area (Å²) in [7, 11) is 0. The molecule has 1 unspecified atom stereocenters. The fourth-order valence-electron chi connectivity index (χ4n) is 10.8. The molecule has 0 aliphatic carbocycles. The molecule has 0 bridgehead atoms. The zero-order chi connectivity index (χ0) is 51.1. The van der Waals surface area contributed by atoms with Gasteiger partial charge < -0.3 is 19.7 Å². The van der Waals surface area contributed by atoms with Gasteiger partial charge >= 0.3 is 11.9 Å². The van der Waals surface area contributed by atoms with E-state index in [9.17, 15) is 19.8 Å². The van der Waals surface area contributed by atoms with Crippen LogP contribution in [-0.4, -0.2) is 48.6 Å². The molecule has 2 N–H and O–H groups in total. The van der Waals surface area contributed by atoms with Gasteiger partial charge in [0.25, 0.3) is 0 Å². The molecule has 1 aliphatic heterocycles. The van der Waals surface area contributed by atoms with Crippen LogP contribution in [0.15, 0.2) is 12.2 Å². The second-order valence-electron chi connectivity index (χ2n) is 23.1. The van der Waals surface area contributed by atoms with E-state index in [4.69, 9.17) is 9.47 Å². The van der Waals surface area contributed by atoms with E-state index < -0.39 is 36.5 Å². The first-order valence-corrected chi connectivity index (χ1v) is 32.3. The van der Waals surface area contributed by atoms with E-state index in [1.807, 2.05) is 0 Å². The van der Waals surface area contributed by atoms with Gasteiger partial charge in [-0.25, -0.2) is 0 Å². The van der Waals surface area contributed by atoms with Crippen LogP contribution >= 0.6 is 0 Å². The fourth-order valence-corrected chi connectivity index (χ4v) is 10.8. The fraction of sp³-hybridized carbons (Fsp3) is 0.938. The van der Waals surface area contributed by atoms with E-state index in [1.165, 1.54) is 315 Å². The number of ether oxygens (including phenoxy) is 2. The van der Waals surface area contributed by atoms with Gasteiger partial charge in [-0.05, 0) is 32.1 Å². The number of hydrogen-bond donors (Lipinski definition) is 2. The average Bonchev–Trinajstić information content (AvgIpc) is 3.44. The molecule has 1 fully saturated rings. The molecule has 420 valence electrons. The zero-order valence-corrected chi connectivity index (χ0v) is 47.8. The first-order chi connectivity index (χ1) is 35.1. The SMILES string of the molecule is CCCCCCCCCCCCCCCCCCCCCCCCCCCCCCC/C=C/CCCCCCCCCCCCCCCCCCCCCCCC1CC(=O)OCC(CO)(CO)COC1=O. The highest BCUT2D eigenvalue weighted by Crippen LogP contribution is 2.25. The summed E-state index contributed by atoms with van der Waals surface area (Å²) in [5.74, 6) is -1.40. The van der Waals surface area contributed by atoms with Crippen LogP contribution in [0.3, 0.4) is 0 Å². The summed E-state index contributed by atoms with van der Waals surface area (Å²) in [5.41, 5.74) is -1.12. The highest BCUT2D eigenvalue weighted by molar-refractivity contribution is 5.80. The highest BCUT2D eigenvalue weighted by Gasteiger charge is 2.36. The van der Waals surface area contributed by atoms with Crippen molar-refractivity contribution in [3.05, 3.63) is 12.2 Å². The Kier molecular flexibility index (Phi) is 52.2. The molecule has 0 aromatic heterocycles. The smallest absolute Gasteiger partial charge is 0.309 e. The highest BCUT2D eigenvalue weighted by atomic mass is 16.6. The third-order valence-corrected chi connectivity index (χ3v) is 16.0. The van der Waals surface area contributed by atoms with Gasteiger partial charge in [0, 0.05) is 0 Å². The summed E-state index contributed by atoms with van der Waals surface area (Å²) < 4.78 is 10.6. The summed E-state index contributed by atoms with van der Waals surface area (Å²) in [6.07, 6.45) is 78.7. The van der Waals surface area contributed by atoms with E-state index >= 15 is 0 Å². The van der Waals surface area contributed by atoms with E-state index in [0.29, 0.717) is 6.42 Å². The first-order valence-electron chi connectivity index (χ1n) is 32.3. The quantitative estimate of drug-likeness (QED) is 0.0358. The second kappa shape index (κ2) is 54.8. The predicted molar refractivity (Wildman–Crippen MR) is 306 cm³/mol.